The molecule has 1 saturated heterocycles. The van der Waals surface area contributed by atoms with E-state index in [9.17, 15) is 4.39 Å². The Bertz CT molecular complexity index is 399. The third kappa shape index (κ3) is 2.73. The van der Waals surface area contributed by atoms with Crippen LogP contribution in [0, 0.1) is 5.82 Å². The van der Waals surface area contributed by atoms with Crippen molar-refractivity contribution in [3.05, 3.63) is 35.6 Å². The average molecular weight is 248 g/mol. The van der Waals surface area contributed by atoms with Crippen LogP contribution in [0.5, 0.6) is 0 Å². The van der Waals surface area contributed by atoms with Gasteiger partial charge in [-0.05, 0) is 43.9 Å². The van der Waals surface area contributed by atoms with Gasteiger partial charge in [0.2, 0.25) is 0 Å². The largest absolute Gasteiger partial charge is 0.306 e. The van der Waals surface area contributed by atoms with E-state index in [0.717, 1.165) is 6.04 Å². The average Bonchev–Trinajstić information content (AvgIpc) is 3.11. The fraction of sp³-hybridized carbons (Fsp3) is 0.600. The third-order valence-electron chi connectivity index (χ3n) is 4.14. The van der Waals surface area contributed by atoms with Gasteiger partial charge in [0.25, 0.3) is 0 Å². The van der Waals surface area contributed by atoms with Gasteiger partial charge in [0.1, 0.15) is 5.82 Å². The second-order valence-electron chi connectivity index (χ2n) is 5.65. The van der Waals surface area contributed by atoms with E-state index in [0.29, 0.717) is 12.1 Å². The maximum atomic E-state index is 12.9. The first-order chi connectivity index (χ1) is 8.72. The molecule has 18 heavy (non-hydrogen) atoms. The topological polar surface area (TPSA) is 15.3 Å². The van der Waals surface area contributed by atoms with Gasteiger partial charge < -0.3 is 5.32 Å². The third-order valence-corrected chi connectivity index (χ3v) is 4.14. The highest BCUT2D eigenvalue weighted by molar-refractivity contribution is 5.19. The molecule has 1 saturated carbocycles. The Labute approximate surface area is 108 Å². The van der Waals surface area contributed by atoms with E-state index in [1.165, 1.54) is 37.9 Å². The van der Waals surface area contributed by atoms with Crippen LogP contribution >= 0.6 is 0 Å². The molecule has 1 aliphatic heterocycles. The van der Waals surface area contributed by atoms with E-state index in [1.807, 2.05) is 12.1 Å². The van der Waals surface area contributed by atoms with Crippen LogP contribution in [-0.2, 0) is 0 Å². The zero-order chi connectivity index (χ0) is 12.5. The molecular formula is C15H21FN2. The number of benzene rings is 1. The van der Waals surface area contributed by atoms with Crippen LogP contribution in [0.3, 0.4) is 0 Å². The quantitative estimate of drug-likeness (QED) is 0.881. The smallest absolute Gasteiger partial charge is 0.123 e. The molecule has 3 heteroatoms. The summed E-state index contributed by atoms with van der Waals surface area (Å²) in [6.07, 6.45) is 4.02. The van der Waals surface area contributed by atoms with E-state index in [-0.39, 0.29) is 5.82 Å². The molecule has 0 bridgehead atoms. The highest BCUT2D eigenvalue weighted by Gasteiger charge is 2.34. The van der Waals surface area contributed by atoms with Gasteiger partial charge >= 0.3 is 0 Å². The summed E-state index contributed by atoms with van der Waals surface area (Å²) in [5.41, 5.74) is 1.17. The standard InChI is InChI=1S/C15H21FN2/c1-11(12-2-4-13(16)5-3-12)17-14-8-9-18(10-14)15-6-7-15/h2-5,11,14-15,17H,6-10H2,1H3/t11-,14?/m1/s1. The minimum atomic E-state index is -0.160. The maximum absolute atomic E-state index is 12.9. The maximum Gasteiger partial charge on any atom is 0.123 e. The summed E-state index contributed by atoms with van der Waals surface area (Å²) in [6.45, 7) is 4.57. The lowest BCUT2D eigenvalue weighted by molar-refractivity contribution is 0.313. The molecule has 2 aliphatic rings. The Kier molecular flexibility index (Phi) is 3.35. The predicted octanol–water partition coefficient (Wildman–Crippen LogP) is 2.71. The van der Waals surface area contributed by atoms with Crippen LogP contribution < -0.4 is 5.32 Å². The van der Waals surface area contributed by atoms with Crippen LogP contribution in [-0.4, -0.2) is 30.1 Å². The van der Waals surface area contributed by atoms with Crippen molar-refractivity contribution in [2.45, 2.75) is 44.3 Å². The number of nitrogens with zero attached hydrogens (tertiary/aromatic N) is 1. The first-order valence-electron chi connectivity index (χ1n) is 6.98. The zero-order valence-corrected chi connectivity index (χ0v) is 10.9. The Morgan fingerprint density at radius 3 is 2.61 bits per heavy atom. The summed E-state index contributed by atoms with van der Waals surface area (Å²) in [6, 6.07) is 8.59. The van der Waals surface area contributed by atoms with Crippen molar-refractivity contribution in [2.75, 3.05) is 13.1 Å². The fourth-order valence-corrected chi connectivity index (χ4v) is 2.90. The molecule has 1 N–H and O–H groups in total. The van der Waals surface area contributed by atoms with Gasteiger partial charge in [-0.25, -0.2) is 4.39 Å². The molecule has 0 radical (unpaired) electrons. The molecule has 1 aliphatic carbocycles. The minimum absolute atomic E-state index is 0.160. The fourth-order valence-electron chi connectivity index (χ4n) is 2.90. The number of halogens is 1. The number of nitrogens with one attached hydrogen (secondary N) is 1. The van der Waals surface area contributed by atoms with Gasteiger partial charge in [-0.15, -0.1) is 0 Å². The van der Waals surface area contributed by atoms with Crippen LogP contribution in [0.4, 0.5) is 4.39 Å². The molecule has 2 atom stereocenters. The lowest BCUT2D eigenvalue weighted by atomic mass is 10.1. The second-order valence-corrected chi connectivity index (χ2v) is 5.65. The normalized spacial score (nSPS) is 26.4. The number of hydrogen-bond donors (Lipinski definition) is 1. The summed E-state index contributed by atoms with van der Waals surface area (Å²) in [5, 5.41) is 3.66. The van der Waals surface area contributed by atoms with Crippen LogP contribution in [0.15, 0.2) is 24.3 Å². The van der Waals surface area contributed by atoms with E-state index in [1.54, 1.807) is 12.1 Å². The van der Waals surface area contributed by atoms with Gasteiger partial charge in [-0.3, -0.25) is 4.90 Å². The molecule has 0 amide bonds. The van der Waals surface area contributed by atoms with Crippen molar-refractivity contribution in [1.82, 2.24) is 10.2 Å². The summed E-state index contributed by atoms with van der Waals surface area (Å²) >= 11 is 0. The molecule has 1 heterocycles. The van der Waals surface area contributed by atoms with E-state index in [4.69, 9.17) is 0 Å². The van der Waals surface area contributed by atoms with Crippen molar-refractivity contribution in [3.8, 4) is 0 Å². The van der Waals surface area contributed by atoms with Crippen molar-refractivity contribution in [3.63, 3.8) is 0 Å². The van der Waals surface area contributed by atoms with E-state index < -0.39 is 0 Å². The van der Waals surface area contributed by atoms with E-state index in [2.05, 4.69) is 17.1 Å². The molecule has 0 aromatic heterocycles. The summed E-state index contributed by atoms with van der Waals surface area (Å²) in [4.78, 5) is 2.61. The van der Waals surface area contributed by atoms with Gasteiger partial charge in [0.05, 0.1) is 0 Å². The molecule has 2 nitrogen and oxygen atoms in total. The monoisotopic (exact) mass is 248 g/mol. The Morgan fingerprint density at radius 2 is 1.94 bits per heavy atom. The first-order valence-corrected chi connectivity index (χ1v) is 6.98. The summed E-state index contributed by atoms with van der Waals surface area (Å²) in [5.74, 6) is -0.160. The van der Waals surface area contributed by atoms with Gasteiger partial charge in [-0.2, -0.15) is 0 Å². The first kappa shape index (κ1) is 12.1. The highest BCUT2D eigenvalue weighted by Crippen LogP contribution is 2.30. The van der Waals surface area contributed by atoms with Crippen LogP contribution in [0.25, 0.3) is 0 Å². The highest BCUT2D eigenvalue weighted by atomic mass is 19.1. The Morgan fingerprint density at radius 1 is 1.22 bits per heavy atom. The van der Waals surface area contributed by atoms with Gasteiger partial charge in [0.15, 0.2) is 0 Å². The molecule has 1 aromatic carbocycles. The Balaban J connectivity index is 1.54. The van der Waals surface area contributed by atoms with Crippen LogP contribution in [0.2, 0.25) is 0 Å². The molecule has 0 spiro atoms. The molecular weight excluding hydrogens is 227 g/mol. The van der Waals surface area contributed by atoms with Crippen molar-refractivity contribution in [2.24, 2.45) is 0 Å². The van der Waals surface area contributed by atoms with Gasteiger partial charge in [0, 0.05) is 31.2 Å². The molecule has 3 rings (SSSR count). The lowest BCUT2D eigenvalue weighted by Gasteiger charge is -2.20. The molecule has 1 unspecified atom stereocenters. The van der Waals surface area contributed by atoms with Gasteiger partial charge in [-0.1, -0.05) is 12.1 Å². The number of hydrogen-bond acceptors (Lipinski definition) is 2. The molecule has 2 fully saturated rings. The van der Waals surface area contributed by atoms with Crippen LogP contribution in [0.1, 0.15) is 37.8 Å². The summed E-state index contributed by atoms with van der Waals surface area (Å²) in [7, 11) is 0. The van der Waals surface area contributed by atoms with Crippen molar-refractivity contribution < 1.29 is 4.39 Å². The lowest BCUT2D eigenvalue weighted by Crippen LogP contribution is -2.34. The number of likely N-dealkylation sites (tertiary alicyclic amines) is 1. The predicted molar refractivity (Wildman–Crippen MR) is 71.0 cm³/mol. The van der Waals surface area contributed by atoms with Crippen molar-refractivity contribution in [1.29, 1.82) is 0 Å². The number of rotatable bonds is 4. The van der Waals surface area contributed by atoms with Crippen molar-refractivity contribution >= 4 is 0 Å². The SMILES string of the molecule is C[C@@H](NC1CCN(C2CC2)C1)c1ccc(F)cc1. The zero-order valence-electron chi connectivity index (χ0n) is 10.9. The van der Waals surface area contributed by atoms with E-state index >= 15 is 0 Å². The Hall–Kier alpha value is -0.930. The minimum Gasteiger partial charge on any atom is -0.306 e. The molecule has 1 aromatic rings. The molecule has 98 valence electrons. The second kappa shape index (κ2) is 4.98. The summed E-state index contributed by atoms with van der Waals surface area (Å²) < 4.78 is 12.9.